The molecule has 0 fully saturated rings. The fraction of sp³-hybridized carbons (Fsp3) is 0.158. The van der Waals surface area contributed by atoms with Crippen molar-refractivity contribution in [1.29, 1.82) is 0 Å². The minimum atomic E-state index is -3.87. The second kappa shape index (κ2) is 8.28. The highest BCUT2D eigenvalue weighted by Crippen LogP contribution is 2.60. The molecule has 0 aliphatic heterocycles. The number of hydrogen-bond donors (Lipinski definition) is 1. The number of furan rings is 1. The maximum absolute atomic E-state index is 13.2. The largest absolute Gasteiger partial charge is 0.466 e. The monoisotopic (exact) mass is 358 g/mol. The molecule has 1 atom stereocenters. The van der Waals surface area contributed by atoms with Crippen LogP contribution in [0.15, 0.2) is 83.5 Å². The van der Waals surface area contributed by atoms with E-state index < -0.39 is 13.4 Å². The molecular weight excluding hydrogens is 339 g/mol. The smallest absolute Gasteiger partial charge is 0.367 e. The average molecular weight is 358 g/mol. The lowest BCUT2D eigenvalue weighted by Crippen LogP contribution is -2.06. The second-order valence-corrected chi connectivity index (χ2v) is 7.53. The molecule has 0 bridgehead atoms. The lowest BCUT2D eigenvalue weighted by atomic mass is 10.2. The molecular formula is C19H19O5P. The molecule has 0 spiro atoms. The fourth-order valence-corrected chi connectivity index (χ4v) is 3.72. The van der Waals surface area contributed by atoms with E-state index >= 15 is 0 Å². The Hall–Kier alpha value is -2.17. The summed E-state index contributed by atoms with van der Waals surface area (Å²) in [5.74, 6) is -1.35. The van der Waals surface area contributed by atoms with Crippen LogP contribution in [0.2, 0.25) is 0 Å². The Morgan fingerprint density at radius 2 is 1.36 bits per heavy atom. The Morgan fingerprint density at radius 1 is 0.840 bits per heavy atom. The zero-order valence-electron chi connectivity index (χ0n) is 13.5. The Bertz CT molecular complexity index is 755. The van der Waals surface area contributed by atoms with E-state index in [-0.39, 0.29) is 19.0 Å². The third-order valence-electron chi connectivity index (χ3n) is 3.61. The first kappa shape index (κ1) is 17.6. The van der Waals surface area contributed by atoms with Gasteiger partial charge in [0.1, 0.15) is 5.76 Å². The molecule has 130 valence electrons. The first-order chi connectivity index (χ1) is 12.2. The maximum atomic E-state index is 13.2. The molecule has 5 nitrogen and oxygen atoms in total. The van der Waals surface area contributed by atoms with Gasteiger partial charge in [-0.15, -0.1) is 0 Å². The molecule has 0 unspecified atom stereocenters. The Balaban J connectivity index is 1.76. The zero-order chi connectivity index (χ0) is 17.5. The van der Waals surface area contributed by atoms with Crippen molar-refractivity contribution in [3.63, 3.8) is 0 Å². The fourth-order valence-electron chi connectivity index (χ4n) is 2.25. The van der Waals surface area contributed by atoms with Gasteiger partial charge in [-0.05, 0) is 23.3 Å². The second-order valence-electron chi connectivity index (χ2n) is 5.45. The van der Waals surface area contributed by atoms with E-state index in [4.69, 9.17) is 13.5 Å². The van der Waals surface area contributed by atoms with Gasteiger partial charge >= 0.3 is 7.60 Å². The lowest BCUT2D eigenvalue weighted by Gasteiger charge is -2.22. The van der Waals surface area contributed by atoms with Gasteiger partial charge in [0.2, 0.25) is 5.85 Å². The summed E-state index contributed by atoms with van der Waals surface area (Å²) in [6.07, 6.45) is 1.40. The summed E-state index contributed by atoms with van der Waals surface area (Å²) in [7, 11) is -3.87. The molecule has 0 aliphatic rings. The van der Waals surface area contributed by atoms with Crippen LogP contribution in [-0.4, -0.2) is 5.11 Å². The normalized spacial score (nSPS) is 12.8. The molecule has 0 saturated heterocycles. The van der Waals surface area contributed by atoms with Crippen LogP contribution in [0.1, 0.15) is 22.7 Å². The third-order valence-corrected chi connectivity index (χ3v) is 5.44. The molecule has 3 rings (SSSR count). The van der Waals surface area contributed by atoms with Gasteiger partial charge in [0, 0.05) is 0 Å². The molecule has 6 heteroatoms. The quantitative estimate of drug-likeness (QED) is 0.580. The third kappa shape index (κ3) is 4.68. The van der Waals surface area contributed by atoms with E-state index in [0.717, 1.165) is 11.1 Å². The summed E-state index contributed by atoms with van der Waals surface area (Å²) < 4.78 is 29.5. The molecule has 3 aromatic rings. The average Bonchev–Trinajstić information content (AvgIpc) is 3.20. The Kier molecular flexibility index (Phi) is 5.84. The van der Waals surface area contributed by atoms with Crippen molar-refractivity contribution in [3.05, 3.63) is 95.9 Å². The van der Waals surface area contributed by atoms with Crippen LogP contribution in [0.3, 0.4) is 0 Å². The van der Waals surface area contributed by atoms with Gasteiger partial charge in [-0.1, -0.05) is 60.7 Å². The summed E-state index contributed by atoms with van der Waals surface area (Å²) >= 11 is 0. The first-order valence-corrected chi connectivity index (χ1v) is 9.47. The highest BCUT2D eigenvalue weighted by Gasteiger charge is 2.38. The molecule has 25 heavy (non-hydrogen) atoms. The van der Waals surface area contributed by atoms with Gasteiger partial charge in [0.15, 0.2) is 0 Å². The van der Waals surface area contributed by atoms with Gasteiger partial charge in [-0.3, -0.25) is 4.57 Å². The van der Waals surface area contributed by atoms with Crippen molar-refractivity contribution in [1.82, 2.24) is 0 Å². The minimum absolute atomic E-state index is 0.0602. The van der Waals surface area contributed by atoms with Crippen molar-refractivity contribution in [3.8, 4) is 0 Å². The van der Waals surface area contributed by atoms with Gasteiger partial charge < -0.3 is 18.6 Å². The molecule has 0 radical (unpaired) electrons. The number of aliphatic hydroxyl groups excluding tert-OH is 1. The SMILES string of the molecule is O=P(OCc1ccccc1)(OCc1ccccc1)[C@H](O)c1ccco1. The lowest BCUT2D eigenvalue weighted by molar-refractivity contribution is 0.122. The van der Waals surface area contributed by atoms with Crippen LogP contribution < -0.4 is 0 Å². The topological polar surface area (TPSA) is 68.9 Å². The van der Waals surface area contributed by atoms with Crippen molar-refractivity contribution >= 4 is 7.60 Å². The Labute approximate surface area is 146 Å². The molecule has 0 aliphatic carbocycles. The maximum Gasteiger partial charge on any atom is 0.367 e. The van der Waals surface area contributed by atoms with Gasteiger partial charge in [0.25, 0.3) is 0 Å². The summed E-state index contributed by atoms with van der Waals surface area (Å²) in [4.78, 5) is 0. The van der Waals surface area contributed by atoms with Crippen LogP contribution in [0.25, 0.3) is 0 Å². The van der Waals surface area contributed by atoms with Crippen LogP contribution in [0.5, 0.6) is 0 Å². The summed E-state index contributed by atoms with van der Waals surface area (Å²) in [5.41, 5.74) is 1.66. The summed E-state index contributed by atoms with van der Waals surface area (Å²) in [6, 6.07) is 21.7. The number of hydrogen-bond acceptors (Lipinski definition) is 5. The Morgan fingerprint density at radius 3 is 1.80 bits per heavy atom. The highest BCUT2D eigenvalue weighted by atomic mass is 31.2. The van der Waals surface area contributed by atoms with E-state index in [1.165, 1.54) is 12.3 Å². The van der Waals surface area contributed by atoms with Crippen LogP contribution in [-0.2, 0) is 26.8 Å². The zero-order valence-corrected chi connectivity index (χ0v) is 14.4. The number of benzene rings is 2. The molecule has 0 saturated carbocycles. The van der Waals surface area contributed by atoms with E-state index in [2.05, 4.69) is 0 Å². The summed E-state index contributed by atoms with van der Waals surface area (Å²) in [5, 5.41) is 10.5. The molecule has 1 aromatic heterocycles. The minimum Gasteiger partial charge on any atom is -0.466 e. The molecule has 0 amide bonds. The van der Waals surface area contributed by atoms with Crippen molar-refractivity contribution < 1.29 is 23.1 Å². The summed E-state index contributed by atoms with van der Waals surface area (Å²) in [6.45, 7) is 0.120. The van der Waals surface area contributed by atoms with Gasteiger partial charge in [0.05, 0.1) is 19.5 Å². The van der Waals surface area contributed by atoms with E-state index in [1.54, 1.807) is 6.07 Å². The highest BCUT2D eigenvalue weighted by molar-refractivity contribution is 7.53. The molecule has 1 heterocycles. The van der Waals surface area contributed by atoms with E-state index in [1.807, 2.05) is 60.7 Å². The standard InChI is InChI=1S/C19H19O5P/c20-19(18-12-7-13-22-18)25(21,23-14-16-8-3-1-4-9-16)24-15-17-10-5-2-6-11-17/h1-13,19-20H,14-15H2/t19-/m0/s1. The van der Waals surface area contributed by atoms with Gasteiger partial charge in [-0.25, -0.2) is 0 Å². The molecule has 1 N–H and O–H groups in total. The van der Waals surface area contributed by atoms with Gasteiger partial charge in [-0.2, -0.15) is 0 Å². The van der Waals surface area contributed by atoms with Crippen LogP contribution >= 0.6 is 7.60 Å². The predicted octanol–water partition coefficient (Wildman–Crippen LogP) is 4.90. The first-order valence-electron chi connectivity index (χ1n) is 7.85. The van der Waals surface area contributed by atoms with Crippen molar-refractivity contribution in [2.75, 3.05) is 0 Å². The molecule has 2 aromatic carbocycles. The van der Waals surface area contributed by atoms with Crippen LogP contribution in [0, 0.1) is 0 Å². The van der Waals surface area contributed by atoms with Crippen molar-refractivity contribution in [2.24, 2.45) is 0 Å². The number of rotatable bonds is 8. The number of aliphatic hydroxyl groups is 1. The van der Waals surface area contributed by atoms with Crippen molar-refractivity contribution in [2.45, 2.75) is 19.1 Å². The van der Waals surface area contributed by atoms with E-state index in [9.17, 15) is 9.67 Å². The van der Waals surface area contributed by atoms with E-state index in [0.29, 0.717) is 0 Å². The predicted molar refractivity (Wildman–Crippen MR) is 93.7 cm³/mol. The van der Waals surface area contributed by atoms with Crippen LogP contribution in [0.4, 0.5) is 0 Å².